The number of sulfonamides is 1. The highest BCUT2D eigenvalue weighted by atomic mass is 32.2. The predicted molar refractivity (Wildman–Crippen MR) is 81.8 cm³/mol. The van der Waals surface area contributed by atoms with Crippen LogP contribution in [-0.4, -0.2) is 56.2 Å². The number of rotatable bonds is 5. The molecule has 116 valence electrons. The summed E-state index contributed by atoms with van der Waals surface area (Å²) in [5.74, 6) is 0.863. The molecule has 21 heavy (non-hydrogen) atoms. The van der Waals surface area contributed by atoms with Crippen molar-refractivity contribution in [2.75, 3.05) is 33.3 Å². The van der Waals surface area contributed by atoms with Crippen molar-refractivity contribution >= 4 is 10.0 Å². The van der Waals surface area contributed by atoms with E-state index in [0.717, 1.165) is 38.2 Å². The number of ether oxygens (including phenoxy) is 1. The van der Waals surface area contributed by atoms with E-state index in [-0.39, 0.29) is 5.25 Å². The lowest BCUT2D eigenvalue weighted by Crippen LogP contribution is -2.49. The van der Waals surface area contributed by atoms with Gasteiger partial charge < -0.3 is 4.74 Å². The zero-order chi connectivity index (χ0) is 14.9. The molecule has 0 aromatic heterocycles. The van der Waals surface area contributed by atoms with Gasteiger partial charge in [-0.05, 0) is 30.5 Å². The zero-order valence-electron chi connectivity index (χ0n) is 12.4. The minimum absolute atomic E-state index is 0.0950. The van der Waals surface area contributed by atoms with Gasteiger partial charge in [-0.15, -0.1) is 0 Å². The number of hydrogen-bond donors (Lipinski definition) is 0. The molecule has 0 atom stereocenters. The Morgan fingerprint density at radius 3 is 2.52 bits per heavy atom. The molecule has 6 heteroatoms. The Morgan fingerprint density at radius 1 is 1.19 bits per heavy atom. The summed E-state index contributed by atoms with van der Waals surface area (Å²) in [5, 5.41) is -0.0950. The molecule has 5 nitrogen and oxygen atoms in total. The monoisotopic (exact) mass is 310 g/mol. The molecule has 1 heterocycles. The highest BCUT2D eigenvalue weighted by Gasteiger charge is 2.40. The van der Waals surface area contributed by atoms with Crippen molar-refractivity contribution in [2.45, 2.75) is 24.6 Å². The van der Waals surface area contributed by atoms with Gasteiger partial charge in [-0.1, -0.05) is 12.1 Å². The Kier molecular flexibility index (Phi) is 4.19. The summed E-state index contributed by atoms with van der Waals surface area (Å²) in [7, 11) is -1.34. The Bertz CT molecular complexity index is 591. The third-order valence-corrected chi connectivity index (χ3v) is 6.58. The van der Waals surface area contributed by atoms with Crippen molar-refractivity contribution in [3.05, 3.63) is 29.8 Å². The lowest BCUT2D eigenvalue weighted by Gasteiger charge is -2.34. The molecule has 1 aromatic rings. The highest BCUT2D eigenvalue weighted by molar-refractivity contribution is 7.90. The topological polar surface area (TPSA) is 49.9 Å². The number of piperazine rings is 1. The summed E-state index contributed by atoms with van der Waals surface area (Å²) in [5.41, 5.74) is 1.20. The van der Waals surface area contributed by atoms with Gasteiger partial charge in [-0.3, -0.25) is 4.90 Å². The quantitative estimate of drug-likeness (QED) is 0.823. The average Bonchev–Trinajstić information content (AvgIpc) is 3.33. The van der Waals surface area contributed by atoms with Crippen LogP contribution in [0.5, 0.6) is 5.75 Å². The Balaban J connectivity index is 1.56. The van der Waals surface area contributed by atoms with Gasteiger partial charge in [-0.25, -0.2) is 8.42 Å². The fourth-order valence-electron chi connectivity index (χ4n) is 2.75. The van der Waals surface area contributed by atoms with Gasteiger partial charge in [0, 0.05) is 32.7 Å². The van der Waals surface area contributed by atoms with Gasteiger partial charge in [0.1, 0.15) is 5.75 Å². The van der Waals surface area contributed by atoms with Crippen LogP contribution in [0.4, 0.5) is 0 Å². The van der Waals surface area contributed by atoms with Crippen LogP contribution in [0.1, 0.15) is 18.4 Å². The third kappa shape index (κ3) is 3.39. The summed E-state index contributed by atoms with van der Waals surface area (Å²) < 4.78 is 31.3. The van der Waals surface area contributed by atoms with Crippen molar-refractivity contribution in [3.8, 4) is 5.75 Å². The summed E-state index contributed by atoms with van der Waals surface area (Å²) in [6.45, 7) is 3.66. The van der Waals surface area contributed by atoms with Gasteiger partial charge in [0.15, 0.2) is 0 Å². The number of benzene rings is 1. The fraction of sp³-hybridized carbons (Fsp3) is 0.600. The first-order valence-electron chi connectivity index (χ1n) is 7.44. The zero-order valence-corrected chi connectivity index (χ0v) is 13.2. The van der Waals surface area contributed by atoms with Crippen LogP contribution in [0.15, 0.2) is 24.3 Å². The van der Waals surface area contributed by atoms with Gasteiger partial charge in [0.25, 0.3) is 0 Å². The van der Waals surface area contributed by atoms with E-state index in [2.05, 4.69) is 11.0 Å². The van der Waals surface area contributed by atoms with Crippen LogP contribution in [0.25, 0.3) is 0 Å². The average molecular weight is 310 g/mol. The molecule has 0 bridgehead atoms. The first kappa shape index (κ1) is 14.8. The fourth-order valence-corrected chi connectivity index (χ4v) is 4.57. The molecule has 2 aliphatic rings. The first-order chi connectivity index (χ1) is 10.1. The number of nitrogens with zero attached hydrogens (tertiary/aromatic N) is 2. The van der Waals surface area contributed by atoms with E-state index >= 15 is 0 Å². The smallest absolute Gasteiger partial charge is 0.217 e. The van der Waals surface area contributed by atoms with Crippen molar-refractivity contribution in [1.29, 1.82) is 0 Å². The first-order valence-corrected chi connectivity index (χ1v) is 8.94. The molecule has 0 unspecified atom stereocenters. The van der Waals surface area contributed by atoms with Crippen LogP contribution >= 0.6 is 0 Å². The SMILES string of the molecule is COc1cccc(CN2CCN(S(=O)(=O)C3CC3)CC2)c1. The maximum absolute atomic E-state index is 12.2. The number of methoxy groups -OCH3 is 1. The third-order valence-electron chi connectivity index (χ3n) is 4.18. The van der Waals surface area contributed by atoms with E-state index in [1.807, 2.05) is 18.2 Å². The van der Waals surface area contributed by atoms with Crippen molar-refractivity contribution in [3.63, 3.8) is 0 Å². The van der Waals surface area contributed by atoms with Crippen molar-refractivity contribution in [1.82, 2.24) is 9.21 Å². The molecule has 3 rings (SSSR count). The molecule has 1 saturated carbocycles. The molecule has 0 spiro atoms. The summed E-state index contributed by atoms with van der Waals surface area (Å²) in [4.78, 5) is 2.30. The largest absolute Gasteiger partial charge is 0.497 e. The van der Waals surface area contributed by atoms with Crippen molar-refractivity contribution < 1.29 is 13.2 Å². The lowest BCUT2D eigenvalue weighted by atomic mass is 10.2. The van der Waals surface area contributed by atoms with Crippen LogP contribution in [0, 0.1) is 0 Å². The summed E-state index contributed by atoms with van der Waals surface area (Å²) >= 11 is 0. The second-order valence-corrected chi connectivity index (χ2v) is 7.98. The second kappa shape index (κ2) is 5.94. The van der Waals surface area contributed by atoms with E-state index in [1.54, 1.807) is 11.4 Å². The summed E-state index contributed by atoms with van der Waals surface area (Å²) in [6.07, 6.45) is 1.68. The normalized spacial score (nSPS) is 21.4. The standard InChI is InChI=1S/C15H22N2O3S/c1-20-14-4-2-3-13(11-14)12-16-7-9-17(10-8-16)21(18,19)15-5-6-15/h2-4,11,15H,5-10,12H2,1H3. The molecule has 0 N–H and O–H groups in total. The van der Waals surface area contributed by atoms with Gasteiger partial charge in [0.05, 0.1) is 12.4 Å². The van der Waals surface area contributed by atoms with Gasteiger partial charge in [0.2, 0.25) is 10.0 Å². The van der Waals surface area contributed by atoms with Crippen LogP contribution in [0.2, 0.25) is 0 Å². The maximum atomic E-state index is 12.2. The molecule has 0 amide bonds. The van der Waals surface area contributed by atoms with Crippen LogP contribution < -0.4 is 4.74 Å². The van der Waals surface area contributed by atoms with E-state index in [9.17, 15) is 8.42 Å². The minimum atomic E-state index is -3.01. The molecule has 1 aromatic carbocycles. The Morgan fingerprint density at radius 2 is 1.90 bits per heavy atom. The molecule has 2 fully saturated rings. The van der Waals surface area contributed by atoms with Crippen LogP contribution in [-0.2, 0) is 16.6 Å². The molecular formula is C15H22N2O3S. The second-order valence-electron chi connectivity index (χ2n) is 5.77. The van der Waals surface area contributed by atoms with Gasteiger partial charge >= 0.3 is 0 Å². The Hall–Kier alpha value is -1.11. The minimum Gasteiger partial charge on any atom is -0.497 e. The molecule has 1 aliphatic heterocycles. The molecule has 1 saturated heterocycles. The molecular weight excluding hydrogens is 288 g/mol. The van der Waals surface area contributed by atoms with Gasteiger partial charge in [-0.2, -0.15) is 4.31 Å². The Labute approximate surface area is 126 Å². The van der Waals surface area contributed by atoms with E-state index in [0.29, 0.717) is 13.1 Å². The highest BCUT2D eigenvalue weighted by Crippen LogP contribution is 2.31. The van der Waals surface area contributed by atoms with E-state index in [1.165, 1.54) is 5.56 Å². The lowest BCUT2D eigenvalue weighted by molar-refractivity contribution is 0.181. The van der Waals surface area contributed by atoms with Crippen LogP contribution in [0.3, 0.4) is 0 Å². The van der Waals surface area contributed by atoms with E-state index < -0.39 is 10.0 Å². The number of hydrogen-bond acceptors (Lipinski definition) is 4. The summed E-state index contributed by atoms with van der Waals surface area (Å²) in [6, 6.07) is 8.04. The van der Waals surface area contributed by atoms with Crippen molar-refractivity contribution in [2.24, 2.45) is 0 Å². The molecule has 1 aliphatic carbocycles. The predicted octanol–water partition coefficient (Wildman–Crippen LogP) is 1.30. The molecule has 0 radical (unpaired) electrons. The maximum Gasteiger partial charge on any atom is 0.217 e. The van der Waals surface area contributed by atoms with E-state index in [4.69, 9.17) is 4.74 Å².